The van der Waals surface area contributed by atoms with Gasteiger partial charge < -0.3 is 9.47 Å². The second kappa shape index (κ2) is 6.38. The van der Waals surface area contributed by atoms with Crippen molar-refractivity contribution in [1.82, 2.24) is 0 Å². The van der Waals surface area contributed by atoms with Gasteiger partial charge in [-0.3, -0.25) is 0 Å². The van der Waals surface area contributed by atoms with Crippen LogP contribution in [0.2, 0.25) is 0 Å². The first-order chi connectivity index (χ1) is 7.88. The number of ether oxygens (including phenoxy) is 2. The minimum absolute atomic E-state index is 0.00127. The lowest BCUT2D eigenvalue weighted by Crippen LogP contribution is -2.21. The maximum absolute atomic E-state index is 5.73. The zero-order valence-corrected chi connectivity index (χ0v) is 10.9. The first kappa shape index (κ1) is 12.1. The normalized spacial score (nSPS) is 20.9. The van der Waals surface area contributed by atoms with E-state index in [1.165, 1.54) is 24.0 Å². The van der Waals surface area contributed by atoms with Gasteiger partial charge in [0, 0.05) is 11.9 Å². The topological polar surface area (TPSA) is 18.5 Å². The van der Waals surface area contributed by atoms with Crippen LogP contribution in [-0.2, 0) is 21.4 Å². The van der Waals surface area contributed by atoms with Crippen LogP contribution in [0, 0.1) is 0 Å². The summed E-state index contributed by atoms with van der Waals surface area (Å²) in [5.74, 6) is 0. The van der Waals surface area contributed by atoms with Gasteiger partial charge in [-0.05, 0) is 30.4 Å². The standard InChI is InChI=1S/C13H17BrO2/c14-9-11-4-3-5-12(8-11)10-16-13-6-1-2-7-15-13/h3-5,8,13H,1-2,6-7,9-10H2. The predicted octanol–water partition coefficient (Wildman–Crippen LogP) is 3.62. The Morgan fingerprint density at radius 1 is 1.31 bits per heavy atom. The summed E-state index contributed by atoms with van der Waals surface area (Å²) in [6, 6.07) is 8.43. The van der Waals surface area contributed by atoms with E-state index in [-0.39, 0.29) is 6.29 Å². The van der Waals surface area contributed by atoms with Crippen molar-refractivity contribution < 1.29 is 9.47 Å². The van der Waals surface area contributed by atoms with Crippen molar-refractivity contribution >= 4 is 15.9 Å². The molecule has 2 rings (SSSR count). The number of alkyl halides is 1. The summed E-state index contributed by atoms with van der Waals surface area (Å²) in [5.41, 5.74) is 2.50. The van der Waals surface area contributed by atoms with Crippen LogP contribution < -0.4 is 0 Å². The van der Waals surface area contributed by atoms with Gasteiger partial charge in [0.05, 0.1) is 6.61 Å². The Balaban J connectivity index is 1.83. The molecule has 1 unspecified atom stereocenters. The summed E-state index contributed by atoms with van der Waals surface area (Å²) in [6.45, 7) is 1.48. The highest BCUT2D eigenvalue weighted by Gasteiger charge is 2.13. The van der Waals surface area contributed by atoms with Crippen LogP contribution >= 0.6 is 15.9 Å². The Bertz CT molecular complexity index is 321. The van der Waals surface area contributed by atoms with Crippen LogP contribution in [0.5, 0.6) is 0 Å². The molecule has 1 atom stereocenters. The van der Waals surface area contributed by atoms with Gasteiger partial charge in [-0.25, -0.2) is 0 Å². The quantitative estimate of drug-likeness (QED) is 0.787. The van der Waals surface area contributed by atoms with Crippen molar-refractivity contribution in [3.05, 3.63) is 35.4 Å². The van der Waals surface area contributed by atoms with Crippen molar-refractivity contribution in [2.75, 3.05) is 6.61 Å². The van der Waals surface area contributed by atoms with E-state index in [9.17, 15) is 0 Å². The van der Waals surface area contributed by atoms with Crippen LogP contribution in [-0.4, -0.2) is 12.9 Å². The highest BCUT2D eigenvalue weighted by molar-refractivity contribution is 9.08. The molecule has 16 heavy (non-hydrogen) atoms. The van der Waals surface area contributed by atoms with Gasteiger partial charge in [0.15, 0.2) is 6.29 Å². The van der Waals surface area contributed by atoms with E-state index < -0.39 is 0 Å². The van der Waals surface area contributed by atoms with Crippen LogP contribution in [0.15, 0.2) is 24.3 Å². The van der Waals surface area contributed by atoms with Gasteiger partial charge in [-0.1, -0.05) is 40.2 Å². The Kier molecular flexibility index (Phi) is 4.82. The van der Waals surface area contributed by atoms with Gasteiger partial charge >= 0.3 is 0 Å². The monoisotopic (exact) mass is 284 g/mol. The lowest BCUT2D eigenvalue weighted by molar-refractivity contribution is -0.168. The Morgan fingerprint density at radius 2 is 2.19 bits per heavy atom. The number of halogens is 1. The fourth-order valence-electron chi connectivity index (χ4n) is 1.83. The molecule has 1 aromatic rings. The minimum Gasteiger partial charge on any atom is -0.353 e. The van der Waals surface area contributed by atoms with E-state index in [0.29, 0.717) is 6.61 Å². The van der Waals surface area contributed by atoms with Crippen LogP contribution in [0.4, 0.5) is 0 Å². The third kappa shape index (κ3) is 3.58. The third-order valence-corrected chi connectivity index (χ3v) is 3.37. The largest absolute Gasteiger partial charge is 0.353 e. The molecule has 0 aromatic heterocycles. The zero-order valence-electron chi connectivity index (χ0n) is 9.32. The molecule has 0 saturated carbocycles. The highest BCUT2D eigenvalue weighted by Crippen LogP contribution is 2.16. The predicted molar refractivity (Wildman–Crippen MR) is 67.5 cm³/mol. The molecule has 0 aliphatic carbocycles. The lowest BCUT2D eigenvalue weighted by Gasteiger charge is -2.22. The summed E-state index contributed by atoms with van der Waals surface area (Å²) in [4.78, 5) is 0. The molecule has 1 aliphatic heterocycles. The van der Waals surface area contributed by atoms with Crippen molar-refractivity contribution in [3.8, 4) is 0 Å². The molecule has 0 N–H and O–H groups in total. The van der Waals surface area contributed by atoms with Gasteiger partial charge in [0.2, 0.25) is 0 Å². The molecule has 2 nitrogen and oxygen atoms in total. The third-order valence-electron chi connectivity index (χ3n) is 2.72. The maximum Gasteiger partial charge on any atom is 0.158 e. The summed E-state index contributed by atoms with van der Waals surface area (Å²) < 4.78 is 11.3. The fraction of sp³-hybridized carbons (Fsp3) is 0.538. The molecule has 1 aromatic carbocycles. The van der Waals surface area contributed by atoms with Gasteiger partial charge in [0.25, 0.3) is 0 Å². The van der Waals surface area contributed by atoms with Gasteiger partial charge in [-0.2, -0.15) is 0 Å². The first-order valence-corrected chi connectivity index (χ1v) is 6.87. The second-order valence-corrected chi connectivity index (χ2v) is 4.62. The first-order valence-electron chi connectivity index (χ1n) is 5.75. The van der Waals surface area contributed by atoms with Crippen molar-refractivity contribution in [2.45, 2.75) is 37.5 Å². The average Bonchev–Trinajstić information content (AvgIpc) is 2.38. The number of benzene rings is 1. The zero-order chi connectivity index (χ0) is 11.2. The molecule has 3 heteroatoms. The number of hydrogen-bond acceptors (Lipinski definition) is 2. The van der Waals surface area contributed by atoms with Crippen LogP contribution in [0.1, 0.15) is 30.4 Å². The van der Waals surface area contributed by atoms with E-state index in [2.05, 4.69) is 40.2 Å². The van der Waals surface area contributed by atoms with Crippen LogP contribution in [0.3, 0.4) is 0 Å². The fourth-order valence-corrected chi connectivity index (χ4v) is 2.18. The molecular weight excluding hydrogens is 268 g/mol. The minimum atomic E-state index is 0.00127. The van der Waals surface area contributed by atoms with Crippen molar-refractivity contribution in [1.29, 1.82) is 0 Å². The summed E-state index contributed by atoms with van der Waals surface area (Å²) in [6.07, 6.45) is 3.41. The van der Waals surface area contributed by atoms with Gasteiger partial charge in [0.1, 0.15) is 0 Å². The summed E-state index contributed by atoms with van der Waals surface area (Å²) in [5, 5.41) is 0.890. The number of hydrogen-bond donors (Lipinski definition) is 0. The molecule has 0 spiro atoms. The molecule has 1 heterocycles. The molecule has 0 bridgehead atoms. The van der Waals surface area contributed by atoms with Crippen molar-refractivity contribution in [2.24, 2.45) is 0 Å². The summed E-state index contributed by atoms with van der Waals surface area (Å²) >= 11 is 3.45. The SMILES string of the molecule is BrCc1cccc(COC2CCCCO2)c1. The Morgan fingerprint density at radius 3 is 2.94 bits per heavy atom. The molecule has 0 radical (unpaired) electrons. The number of rotatable bonds is 4. The molecule has 1 saturated heterocycles. The average molecular weight is 285 g/mol. The lowest BCUT2D eigenvalue weighted by atomic mass is 10.1. The van der Waals surface area contributed by atoms with E-state index in [0.717, 1.165) is 18.4 Å². The van der Waals surface area contributed by atoms with Crippen molar-refractivity contribution in [3.63, 3.8) is 0 Å². The second-order valence-electron chi connectivity index (χ2n) is 4.06. The van der Waals surface area contributed by atoms with E-state index >= 15 is 0 Å². The van der Waals surface area contributed by atoms with Gasteiger partial charge in [-0.15, -0.1) is 0 Å². The highest BCUT2D eigenvalue weighted by atomic mass is 79.9. The summed E-state index contributed by atoms with van der Waals surface area (Å²) in [7, 11) is 0. The smallest absolute Gasteiger partial charge is 0.158 e. The molecule has 88 valence electrons. The molecule has 0 amide bonds. The molecular formula is C13H17BrO2. The van der Waals surface area contributed by atoms with E-state index in [1.807, 2.05) is 0 Å². The Hall–Kier alpha value is -0.380. The van der Waals surface area contributed by atoms with E-state index in [1.54, 1.807) is 0 Å². The Labute approximate surface area is 105 Å². The van der Waals surface area contributed by atoms with E-state index in [4.69, 9.17) is 9.47 Å². The maximum atomic E-state index is 5.73. The molecule has 1 fully saturated rings. The van der Waals surface area contributed by atoms with Crippen LogP contribution in [0.25, 0.3) is 0 Å². The molecule has 1 aliphatic rings.